The molecule has 0 aliphatic carbocycles. The fourth-order valence-corrected chi connectivity index (χ4v) is 3.33. The standard InChI is InChI=1S/C11H20N2OS2/c1-3-8-7-13(5-6-16-8)11(14)9(4-2)10(12)15/h8-9H,3-7H2,1-2H3,(H2,12,15). The molecule has 3 nitrogen and oxygen atoms in total. The largest absolute Gasteiger partial charge is 0.393 e. The lowest BCUT2D eigenvalue weighted by Gasteiger charge is -2.34. The average molecular weight is 260 g/mol. The zero-order chi connectivity index (χ0) is 12.1. The molecule has 1 fully saturated rings. The van der Waals surface area contributed by atoms with Crippen molar-refractivity contribution in [3.05, 3.63) is 0 Å². The van der Waals surface area contributed by atoms with E-state index in [1.165, 1.54) is 0 Å². The van der Waals surface area contributed by atoms with Gasteiger partial charge in [-0.15, -0.1) is 0 Å². The highest BCUT2D eigenvalue weighted by atomic mass is 32.2. The summed E-state index contributed by atoms with van der Waals surface area (Å²) < 4.78 is 0. The van der Waals surface area contributed by atoms with Crippen molar-refractivity contribution in [2.45, 2.75) is 31.9 Å². The van der Waals surface area contributed by atoms with Crippen LogP contribution in [0.5, 0.6) is 0 Å². The predicted octanol–water partition coefficient (Wildman–Crippen LogP) is 1.65. The zero-order valence-corrected chi connectivity index (χ0v) is 11.6. The van der Waals surface area contributed by atoms with Crippen LogP contribution in [0.4, 0.5) is 0 Å². The first-order valence-electron chi connectivity index (χ1n) is 5.79. The van der Waals surface area contributed by atoms with Crippen molar-refractivity contribution < 1.29 is 4.79 Å². The van der Waals surface area contributed by atoms with Gasteiger partial charge in [0.1, 0.15) is 0 Å². The number of thiocarbonyl (C=S) groups is 1. The van der Waals surface area contributed by atoms with Gasteiger partial charge in [-0.1, -0.05) is 26.1 Å². The minimum atomic E-state index is -0.268. The van der Waals surface area contributed by atoms with Crippen LogP contribution in [0.1, 0.15) is 26.7 Å². The van der Waals surface area contributed by atoms with Crippen LogP contribution in [0, 0.1) is 5.92 Å². The molecule has 1 aliphatic rings. The third kappa shape index (κ3) is 3.35. The Kier molecular flexibility index (Phi) is 5.55. The molecule has 2 unspecified atom stereocenters. The molecule has 1 saturated heterocycles. The first kappa shape index (κ1) is 13.8. The van der Waals surface area contributed by atoms with Gasteiger partial charge in [-0.25, -0.2) is 0 Å². The van der Waals surface area contributed by atoms with E-state index in [1.54, 1.807) is 0 Å². The molecule has 0 aromatic carbocycles. The van der Waals surface area contributed by atoms with E-state index in [4.69, 9.17) is 18.0 Å². The highest BCUT2D eigenvalue weighted by Crippen LogP contribution is 2.22. The number of carbonyl (C=O) groups is 1. The first-order valence-corrected chi connectivity index (χ1v) is 7.25. The molecule has 1 aliphatic heterocycles. The maximum absolute atomic E-state index is 12.2. The predicted molar refractivity (Wildman–Crippen MR) is 73.7 cm³/mol. The molecular formula is C11H20N2OS2. The van der Waals surface area contributed by atoms with E-state index in [0.717, 1.165) is 25.3 Å². The van der Waals surface area contributed by atoms with Gasteiger partial charge in [0.05, 0.1) is 10.9 Å². The molecule has 0 spiro atoms. The smallest absolute Gasteiger partial charge is 0.232 e. The van der Waals surface area contributed by atoms with E-state index in [0.29, 0.717) is 16.7 Å². The quantitative estimate of drug-likeness (QED) is 0.781. The SMILES string of the molecule is CCC1CN(C(=O)C(CC)C(N)=S)CCS1. The molecule has 0 radical (unpaired) electrons. The van der Waals surface area contributed by atoms with Gasteiger partial charge in [0.25, 0.3) is 0 Å². The molecule has 0 bridgehead atoms. The van der Waals surface area contributed by atoms with Crippen molar-refractivity contribution in [1.82, 2.24) is 4.90 Å². The van der Waals surface area contributed by atoms with Crippen LogP contribution in [-0.2, 0) is 4.79 Å². The van der Waals surface area contributed by atoms with Gasteiger partial charge >= 0.3 is 0 Å². The molecule has 1 heterocycles. The summed E-state index contributed by atoms with van der Waals surface area (Å²) in [7, 11) is 0. The van der Waals surface area contributed by atoms with Gasteiger partial charge in [0.2, 0.25) is 5.91 Å². The van der Waals surface area contributed by atoms with Gasteiger partial charge in [0.15, 0.2) is 0 Å². The molecule has 5 heteroatoms. The Bertz CT molecular complexity index is 271. The van der Waals surface area contributed by atoms with Crippen molar-refractivity contribution in [2.75, 3.05) is 18.8 Å². The van der Waals surface area contributed by atoms with Gasteiger partial charge in [0, 0.05) is 24.1 Å². The third-order valence-corrected chi connectivity index (χ3v) is 4.61. The summed E-state index contributed by atoms with van der Waals surface area (Å²) in [5, 5.41) is 0.571. The molecule has 92 valence electrons. The Labute approximate surface area is 107 Å². The number of nitrogens with two attached hydrogens (primary N) is 1. The molecule has 0 aromatic heterocycles. The minimum absolute atomic E-state index is 0.119. The van der Waals surface area contributed by atoms with E-state index in [1.807, 2.05) is 23.6 Å². The lowest BCUT2D eigenvalue weighted by molar-refractivity contribution is -0.133. The van der Waals surface area contributed by atoms with Gasteiger partial charge in [-0.05, 0) is 12.8 Å². The van der Waals surface area contributed by atoms with Gasteiger partial charge in [-0.3, -0.25) is 4.79 Å². The molecule has 2 N–H and O–H groups in total. The van der Waals surface area contributed by atoms with Crippen molar-refractivity contribution in [3.8, 4) is 0 Å². The molecule has 0 saturated carbocycles. The van der Waals surface area contributed by atoms with Crippen LogP contribution in [0.15, 0.2) is 0 Å². The molecular weight excluding hydrogens is 240 g/mol. The monoisotopic (exact) mass is 260 g/mol. The summed E-state index contributed by atoms with van der Waals surface area (Å²) >= 11 is 6.90. The average Bonchev–Trinajstić information content (AvgIpc) is 2.29. The van der Waals surface area contributed by atoms with Gasteiger partial charge in [-0.2, -0.15) is 11.8 Å². The Morgan fingerprint density at radius 2 is 2.31 bits per heavy atom. The number of hydrogen-bond donors (Lipinski definition) is 1. The number of amides is 1. The summed E-state index contributed by atoms with van der Waals surface area (Å²) in [6, 6.07) is 0. The molecule has 1 amide bonds. The lowest BCUT2D eigenvalue weighted by atomic mass is 10.0. The Balaban J connectivity index is 2.61. The van der Waals surface area contributed by atoms with Crippen molar-refractivity contribution in [1.29, 1.82) is 0 Å². The summed E-state index contributed by atoms with van der Waals surface area (Å²) in [6.45, 7) is 5.80. The number of carbonyl (C=O) groups excluding carboxylic acids is 1. The van der Waals surface area contributed by atoms with Gasteiger partial charge < -0.3 is 10.6 Å². The fraction of sp³-hybridized carbons (Fsp3) is 0.818. The second kappa shape index (κ2) is 6.45. The van der Waals surface area contributed by atoms with Crippen molar-refractivity contribution >= 4 is 34.9 Å². The molecule has 0 aromatic rings. The molecule has 16 heavy (non-hydrogen) atoms. The summed E-state index contributed by atoms with van der Waals surface area (Å²) in [4.78, 5) is 14.4. The normalized spacial score (nSPS) is 22.9. The second-order valence-corrected chi connectivity index (χ2v) is 5.93. The minimum Gasteiger partial charge on any atom is -0.393 e. The Morgan fingerprint density at radius 1 is 1.62 bits per heavy atom. The van der Waals surface area contributed by atoms with Crippen molar-refractivity contribution in [3.63, 3.8) is 0 Å². The van der Waals surface area contributed by atoms with Crippen LogP contribution < -0.4 is 5.73 Å². The highest BCUT2D eigenvalue weighted by molar-refractivity contribution is 8.00. The van der Waals surface area contributed by atoms with Crippen LogP contribution in [0.2, 0.25) is 0 Å². The maximum atomic E-state index is 12.2. The third-order valence-electron chi connectivity index (χ3n) is 2.96. The summed E-state index contributed by atoms with van der Waals surface area (Å²) in [5.41, 5.74) is 5.60. The second-order valence-electron chi connectivity index (χ2n) is 4.05. The fourth-order valence-electron chi connectivity index (χ4n) is 1.88. The Hall–Kier alpha value is -0.290. The van der Waals surface area contributed by atoms with Crippen LogP contribution in [0.3, 0.4) is 0 Å². The van der Waals surface area contributed by atoms with Crippen LogP contribution in [-0.4, -0.2) is 39.9 Å². The van der Waals surface area contributed by atoms with Crippen LogP contribution in [0.25, 0.3) is 0 Å². The number of rotatable bonds is 4. The van der Waals surface area contributed by atoms with Crippen molar-refractivity contribution in [2.24, 2.45) is 11.7 Å². The lowest BCUT2D eigenvalue weighted by Crippen LogP contribution is -2.47. The highest BCUT2D eigenvalue weighted by Gasteiger charge is 2.28. The first-order chi connectivity index (χ1) is 7.60. The molecule has 1 rings (SSSR count). The van der Waals surface area contributed by atoms with E-state index in [9.17, 15) is 4.79 Å². The topological polar surface area (TPSA) is 46.3 Å². The summed E-state index contributed by atoms with van der Waals surface area (Å²) in [6.07, 6.45) is 1.81. The maximum Gasteiger partial charge on any atom is 0.232 e. The van der Waals surface area contributed by atoms with E-state index >= 15 is 0 Å². The number of hydrogen-bond acceptors (Lipinski definition) is 3. The number of thioether (sulfide) groups is 1. The van der Waals surface area contributed by atoms with E-state index in [-0.39, 0.29) is 11.8 Å². The summed E-state index contributed by atoms with van der Waals surface area (Å²) in [5.74, 6) is 0.877. The van der Waals surface area contributed by atoms with Crippen LogP contribution >= 0.6 is 24.0 Å². The number of nitrogens with zero attached hydrogens (tertiary/aromatic N) is 1. The Morgan fingerprint density at radius 3 is 2.81 bits per heavy atom. The molecule has 2 atom stereocenters. The van der Waals surface area contributed by atoms with E-state index < -0.39 is 0 Å². The zero-order valence-electron chi connectivity index (χ0n) is 9.94. The van der Waals surface area contributed by atoms with E-state index in [2.05, 4.69) is 6.92 Å².